The molecule has 142 valence electrons. The van der Waals surface area contributed by atoms with E-state index in [9.17, 15) is 14.9 Å². The number of aryl methyl sites for hydroxylation is 1. The molecular formula is C18H16N6O3S. The highest BCUT2D eigenvalue weighted by Gasteiger charge is 2.28. The largest absolute Gasteiger partial charge is 0.456 e. The number of nitrogens with zero attached hydrogens (tertiary/aromatic N) is 6. The van der Waals surface area contributed by atoms with Crippen LogP contribution in [0.15, 0.2) is 42.0 Å². The van der Waals surface area contributed by atoms with E-state index in [1.807, 2.05) is 36.4 Å². The van der Waals surface area contributed by atoms with Crippen molar-refractivity contribution in [3.63, 3.8) is 0 Å². The van der Waals surface area contributed by atoms with Gasteiger partial charge >= 0.3 is 5.97 Å². The zero-order valence-electron chi connectivity index (χ0n) is 14.9. The standard InChI is InChI=1S/C18H16N6O3S/c1-12-10-28-17(21-12)14(8-19)16(25)9-27-18(26)15(24-11-20-22-23-24)7-13-5-3-2-4-6-13/h2-6,10-11,14-15H,7,9H2,1H3/t14-,15-/m1/s1. The number of ether oxygens (including phenoxy) is 1. The van der Waals surface area contributed by atoms with Gasteiger partial charge in [0.2, 0.25) is 0 Å². The lowest BCUT2D eigenvalue weighted by Crippen LogP contribution is -2.28. The van der Waals surface area contributed by atoms with E-state index in [-0.39, 0.29) is 0 Å². The summed E-state index contributed by atoms with van der Waals surface area (Å²) < 4.78 is 6.48. The number of tetrazole rings is 1. The lowest BCUT2D eigenvalue weighted by molar-refractivity contribution is -0.151. The van der Waals surface area contributed by atoms with E-state index in [1.54, 1.807) is 12.3 Å². The average Bonchev–Trinajstić information content (AvgIpc) is 3.38. The van der Waals surface area contributed by atoms with Crippen LogP contribution in [0.2, 0.25) is 0 Å². The van der Waals surface area contributed by atoms with Gasteiger partial charge in [-0.1, -0.05) is 30.3 Å². The van der Waals surface area contributed by atoms with Crippen molar-refractivity contribution in [2.24, 2.45) is 0 Å². The molecule has 0 spiro atoms. The molecule has 1 aromatic carbocycles. The van der Waals surface area contributed by atoms with Crippen LogP contribution in [-0.4, -0.2) is 43.6 Å². The average molecular weight is 396 g/mol. The Balaban J connectivity index is 1.68. The molecule has 0 bridgehead atoms. The van der Waals surface area contributed by atoms with Gasteiger partial charge in [-0.3, -0.25) is 4.79 Å². The van der Waals surface area contributed by atoms with Crippen LogP contribution in [0.1, 0.15) is 28.2 Å². The van der Waals surface area contributed by atoms with Crippen LogP contribution >= 0.6 is 11.3 Å². The van der Waals surface area contributed by atoms with E-state index in [2.05, 4.69) is 20.5 Å². The molecule has 3 aromatic rings. The molecule has 0 aliphatic heterocycles. The predicted molar refractivity (Wildman–Crippen MR) is 98.2 cm³/mol. The van der Waals surface area contributed by atoms with Crippen molar-refractivity contribution >= 4 is 23.1 Å². The van der Waals surface area contributed by atoms with Gasteiger partial charge in [0.25, 0.3) is 0 Å². The second kappa shape index (κ2) is 8.96. The van der Waals surface area contributed by atoms with Crippen LogP contribution in [0.3, 0.4) is 0 Å². The zero-order valence-corrected chi connectivity index (χ0v) is 15.7. The van der Waals surface area contributed by atoms with Gasteiger partial charge in [0.05, 0.1) is 6.07 Å². The number of hydrogen-bond donors (Lipinski definition) is 0. The Kier molecular flexibility index (Phi) is 6.18. The third kappa shape index (κ3) is 4.63. The first-order valence-electron chi connectivity index (χ1n) is 8.36. The number of thiazole rings is 1. The van der Waals surface area contributed by atoms with Crippen molar-refractivity contribution in [2.75, 3.05) is 6.61 Å². The summed E-state index contributed by atoms with van der Waals surface area (Å²) in [6, 6.07) is 10.4. The quantitative estimate of drug-likeness (QED) is 0.526. The molecule has 0 radical (unpaired) electrons. The van der Waals surface area contributed by atoms with Crippen LogP contribution in [0, 0.1) is 18.3 Å². The summed E-state index contributed by atoms with van der Waals surface area (Å²) in [5, 5.41) is 22.3. The number of carbonyl (C=O) groups is 2. The maximum absolute atomic E-state index is 12.6. The van der Waals surface area contributed by atoms with Crippen LogP contribution in [0.25, 0.3) is 0 Å². The molecule has 0 aliphatic carbocycles. The minimum Gasteiger partial charge on any atom is -0.456 e. The normalized spacial score (nSPS) is 12.7. The lowest BCUT2D eigenvalue weighted by Gasteiger charge is -2.15. The van der Waals surface area contributed by atoms with E-state index in [0.717, 1.165) is 11.3 Å². The fraction of sp³-hybridized carbons (Fsp3) is 0.278. The van der Waals surface area contributed by atoms with Crippen LogP contribution in [0.5, 0.6) is 0 Å². The maximum atomic E-state index is 12.6. The Morgan fingerprint density at radius 2 is 2.11 bits per heavy atom. The van der Waals surface area contributed by atoms with Crippen LogP contribution in [0.4, 0.5) is 0 Å². The number of esters is 1. The Bertz CT molecular complexity index is 980. The van der Waals surface area contributed by atoms with Crippen molar-refractivity contribution in [1.82, 2.24) is 25.2 Å². The first kappa shape index (κ1) is 19.3. The van der Waals surface area contributed by atoms with Gasteiger partial charge in [-0.05, 0) is 22.9 Å². The summed E-state index contributed by atoms with van der Waals surface area (Å²) in [5.41, 5.74) is 1.62. The van der Waals surface area contributed by atoms with Gasteiger partial charge in [-0.25, -0.2) is 14.5 Å². The van der Waals surface area contributed by atoms with Gasteiger partial charge in [-0.2, -0.15) is 5.26 Å². The van der Waals surface area contributed by atoms with E-state index >= 15 is 0 Å². The molecule has 10 heteroatoms. The lowest BCUT2D eigenvalue weighted by atomic mass is 10.1. The third-order valence-electron chi connectivity index (χ3n) is 3.92. The highest BCUT2D eigenvalue weighted by Crippen LogP contribution is 2.21. The van der Waals surface area contributed by atoms with Crippen LogP contribution in [-0.2, 0) is 20.7 Å². The molecule has 0 saturated heterocycles. The van der Waals surface area contributed by atoms with E-state index in [4.69, 9.17) is 4.74 Å². The van der Waals surface area contributed by atoms with Crippen molar-refractivity contribution in [2.45, 2.75) is 25.3 Å². The third-order valence-corrected chi connectivity index (χ3v) is 4.95. The van der Waals surface area contributed by atoms with E-state index in [1.165, 1.54) is 22.3 Å². The number of nitriles is 1. The second-order valence-electron chi connectivity index (χ2n) is 5.96. The molecule has 3 rings (SSSR count). The molecule has 28 heavy (non-hydrogen) atoms. The molecule has 2 heterocycles. The SMILES string of the molecule is Cc1csc([C@H](C#N)C(=O)COC(=O)[C@@H](Cc2ccccc2)n2cnnn2)n1. The van der Waals surface area contributed by atoms with Crippen molar-refractivity contribution in [3.05, 3.63) is 58.3 Å². The van der Waals surface area contributed by atoms with Gasteiger partial charge in [0.15, 0.2) is 24.3 Å². The number of hydrogen-bond acceptors (Lipinski definition) is 9. The molecule has 9 nitrogen and oxygen atoms in total. The minimum absolute atomic E-state index is 0.298. The molecule has 0 amide bonds. The Hall–Kier alpha value is -3.45. The number of aromatic nitrogens is 5. The van der Waals surface area contributed by atoms with Crippen LogP contribution < -0.4 is 0 Å². The van der Waals surface area contributed by atoms with E-state index in [0.29, 0.717) is 11.4 Å². The highest BCUT2D eigenvalue weighted by atomic mass is 32.1. The topological polar surface area (TPSA) is 124 Å². The summed E-state index contributed by atoms with van der Waals surface area (Å²) in [6.07, 6.45) is 1.61. The molecule has 0 unspecified atom stereocenters. The molecule has 0 N–H and O–H groups in total. The summed E-state index contributed by atoms with van der Waals surface area (Å²) in [4.78, 5) is 29.2. The fourth-order valence-corrected chi connectivity index (χ4v) is 3.39. The maximum Gasteiger partial charge on any atom is 0.331 e. The monoisotopic (exact) mass is 396 g/mol. The molecular weight excluding hydrogens is 380 g/mol. The molecule has 2 atom stereocenters. The predicted octanol–water partition coefficient (Wildman–Crippen LogP) is 1.64. The number of rotatable bonds is 8. The van der Waals surface area contributed by atoms with Gasteiger partial charge in [-0.15, -0.1) is 16.4 Å². The molecule has 0 saturated carbocycles. The second-order valence-corrected chi connectivity index (χ2v) is 6.85. The molecule has 0 aliphatic rings. The minimum atomic E-state index is -1.06. The number of carbonyl (C=O) groups excluding carboxylic acids is 2. The van der Waals surface area contributed by atoms with Crippen molar-refractivity contribution < 1.29 is 14.3 Å². The van der Waals surface area contributed by atoms with Gasteiger partial charge < -0.3 is 4.74 Å². The van der Waals surface area contributed by atoms with E-state index < -0.39 is 30.3 Å². The van der Waals surface area contributed by atoms with Crippen molar-refractivity contribution in [1.29, 1.82) is 5.26 Å². The molecule has 0 fully saturated rings. The summed E-state index contributed by atoms with van der Waals surface area (Å²) >= 11 is 1.23. The number of ketones is 1. The number of Topliss-reactive ketones (excluding diaryl/α,β-unsaturated/α-hetero) is 1. The first-order chi connectivity index (χ1) is 13.6. The first-order valence-corrected chi connectivity index (χ1v) is 9.24. The number of benzene rings is 1. The smallest absolute Gasteiger partial charge is 0.331 e. The van der Waals surface area contributed by atoms with Crippen molar-refractivity contribution in [3.8, 4) is 6.07 Å². The Morgan fingerprint density at radius 3 is 2.71 bits per heavy atom. The zero-order chi connectivity index (χ0) is 19.9. The summed E-state index contributed by atoms with van der Waals surface area (Å²) in [7, 11) is 0. The molecule has 2 aromatic heterocycles. The summed E-state index contributed by atoms with van der Waals surface area (Å²) in [5.74, 6) is -2.25. The highest BCUT2D eigenvalue weighted by molar-refractivity contribution is 7.09. The van der Waals surface area contributed by atoms with Gasteiger partial charge in [0.1, 0.15) is 11.3 Å². The Morgan fingerprint density at radius 1 is 1.32 bits per heavy atom. The Labute approximate surface area is 164 Å². The fourth-order valence-electron chi connectivity index (χ4n) is 2.52. The van der Waals surface area contributed by atoms with Gasteiger partial charge in [0, 0.05) is 17.5 Å². The summed E-state index contributed by atoms with van der Waals surface area (Å²) in [6.45, 7) is 1.25.